The molecule has 0 unspecified atom stereocenters. The number of nitrogens with two attached hydrogens (primary N) is 2. The van der Waals surface area contributed by atoms with Crippen molar-refractivity contribution in [2.24, 2.45) is 11.5 Å². The first kappa shape index (κ1) is 17.5. The largest absolute Gasteiger partial charge is 0.480 e. The summed E-state index contributed by atoms with van der Waals surface area (Å²) in [7, 11) is 0. The van der Waals surface area contributed by atoms with E-state index in [2.05, 4.69) is 5.32 Å². The Morgan fingerprint density at radius 1 is 1.42 bits per heavy atom. The van der Waals surface area contributed by atoms with Crippen molar-refractivity contribution in [3.8, 4) is 0 Å². The maximum Gasteiger partial charge on any atom is 0.327 e. The Morgan fingerprint density at radius 2 is 2.05 bits per heavy atom. The molecule has 2 amide bonds. The van der Waals surface area contributed by atoms with Gasteiger partial charge in [0.05, 0.1) is 6.04 Å². The fraction of sp³-hybridized carbons (Fsp3) is 0.545. The molecule has 0 bridgehead atoms. The molecule has 0 aliphatic rings. The Bertz CT molecular complexity index is 360. The quantitative estimate of drug-likeness (QED) is 0.448. The van der Waals surface area contributed by atoms with Crippen molar-refractivity contribution in [3.05, 3.63) is 11.5 Å². The number of carbonyl (C=O) groups is 3. The smallest absolute Gasteiger partial charge is 0.327 e. The fourth-order valence-corrected chi connectivity index (χ4v) is 1.85. The normalized spacial score (nSPS) is 14.0. The molecule has 108 valence electrons. The van der Waals surface area contributed by atoms with Gasteiger partial charge in [0, 0.05) is 12.2 Å². The number of thioether (sulfide) groups is 1. The summed E-state index contributed by atoms with van der Waals surface area (Å²) >= 11 is 1.27. The van der Waals surface area contributed by atoms with E-state index in [-0.39, 0.29) is 18.6 Å². The number of carboxylic acids is 1. The molecule has 0 aliphatic carbocycles. The number of nitrogens with one attached hydrogen (secondary N) is 1. The lowest BCUT2D eigenvalue weighted by atomic mass is 10.1. The van der Waals surface area contributed by atoms with Crippen LogP contribution < -0.4 is 16.8 Å². The van der Waals surface area contributed by atoms with Gasteiger partial charge >= 0.3 is 5.97 Å². The number of carboxylic acid groups (broad SMARTS) is 1. The molecule has 6 N–H and O–H groups in total. The standard InChI is InChI=1S/C11H19N3O4S/c1-2-5-19-6-8(11(17)18)14-10(16)7(12)3-4-9(13)15/h2,5,7-8H,3-4,6,12H2,1H3,(H2,13,15)(H,14,16)(H,17,18)/b5-2+/t7-,8-/m0/s1. The Labute approximate surface area is 115 Å². The van der Waals surface area contributed by atoms with Gasteiger partial charge < -0.3 is 21.9 Å². The highest BCUT2D eigenvalue weighted by Crippen LogP contribution is 2.05. The molecular formula is C11H19N3O4S. The highest BCUT2D eigenvalue weighted by molar-refractivity contribution is 8.02. The molecular weight excluding hydrogens is 270 g/mol. The predicted octanol–water partition coefficient (Wildman–Crippen LogP) is -0.585. The number of hydrogen-bond donors (Lipinski definition) is 4. The minimum atomic E-state index is -1.13. The lowest BCUT2D eigenvalue weighted by molar-refractivity contribution is -0.141. The number of carbonyl (C=O) groups excluding carboxylic acids is 2. The van der Waals surface area contributed by atoms with Crippen molar-refractivity contribution in [1.29, 1.82) is 0 Å². The minimum Gasteiger partial charge on any atom is -0.480 e. The first-order chi connectivity index (χ1) is 8.88. The topological polar surface area (TPSA) is 136 Å². The van der Waals surface area contributed by atoms with Crippen LogP contribution in [0, 0.1) is 0 Å². The van der Waals surface area contributed by atoms with E-state index in [1.807, 2.05) is 0 Å². The first-order valence-corrected chi connectivity index (χ1v) is 6.73. The monoisotopic (exact) mass is 289 g/mol. The average molecular weight is 289 g/mol. The van der Waals surface area contributed by atoms with E-state index in [0.29, 0.717) is 0 Å². The maximum atomic E-state index is 11.6. The van der Waals surface area contributed by atoms with Gasteiger partial charge in [-0.05, 0) is 18.8 Å². The third-order valence-corrected chi connectivity index (χ3v) is 3.14. The summed E-state index contributed by atoms with van der Waals surface area (Å²) in [6.07, 6.45) is 1.85. The number of hydrogen-bond acceptors (Lipinski definition) is 5. The Hall–Kier alpha value is -1.54. The van der Waals surface area contributed by atoms with Crippen LogP contribution in [0.5, 0.6) is 0 Å². The van der Waals surface area contributed by atoms with E-state index in [4.69, 9.17) is 16.6 Å². The van der Waals surface area contributed by atoms with E-state index in [1.54, 1.807) is 18.4 Å². The zero-order chi connectivity index (χ0) is 14.8. The summed E-state index contributed by atoms with van der Waals surface area (Å²) in [6.45, 7) is 1.81. The SMILES string of the molecule is C/C=C/SC[C@H](NC(=O)[C@@H](N)CCC(N)=O)C(=O)O. The van der Waals surface area contributed by atoms with E-state index in [1.165, 1.54) is 11.8 Å². The van der Waals surface area contributed by atoms with Gasteiger partial charge in [0.15, 0.2) is 0 Å². The van der Waals surface area contributed by atoms with E-state index >= 15 is 0 Å². The van der Waals surface area contributed by atoms with Crippen LogP contribution in [0.15, 0.2) is 11.5 Å². The first-order valence-electron chi connectivity index (χ1n) is 5.68. The lowest BCUT2D eigenvalue weighted by Crippen LogP contribution is -2.49. The Morgan fingerprint density at radius 3 is 2.53 bits per heavy atom. The van der Waals surface area contributed by atoms with Crippen LogP contribution in [0.25, 0.3) is 0 Å². The number of allylic oxidation sites excluding steroid dienone is 1. The second-order valence-corrected chi connectivity index (χ2v) is 4.75. The van der Waals surface area contributed by atoms with E-state index in [0.717, 1.165) is 0 Å². The van der Waals surface area contributed by atoms with Crippen LogP contribution in [0.4, 0.5) is 0 Å². The molecule has 0 radical (unpaired) electrons. The fourth-order valence-electron chi connectivity index (χ4n) is 1.13. The number of primary amides is 1. The molecule has 0 heterocycles. The zero-order valence-electron chi connectivity index (χ0n) is 10.7. The molecule has 0 saturated heterocycles. The van der Waals surface area contributed by atoms with Crippen LogP contribution in [-0.4, -0.2) is 40.7 Å². The predicted molar refractivity (Wildman–Crippen MR) is 73.2 cm³/mol. The van der Waals surface area contributed by atoms with E-state index < -0.39 is 29.9 Å². The molecule has 8 heteroatoms. The maximum absolute atomic E-state index is 11.6. The molecule has 0 fully saturated rings. The summed E-state index contributed by atoms with van der Waals surface area (Å²) in [6, 6.07) is -1.96. The van der Waals surface area contributed by atoms with Crippen molar-refractivity contribution < 1.29 is 19.5 Å². The van der Waals surface area contributed by atoms with Crippen molar-refractivity contribution >= 4 is 29.5 Å². The van der Waals surface area contributed by atoms with Crippen molar-refractivity contribution in [3.63, 3.8) is 0 Å². The van der Waals surface area contributed by atoms with Gasteiger partial charge in [-0.1, -0.05) is 6.08 Å². The Kier molecular flexibility index (Phi) is 8.64. The van der Waals surface area contributed by atoms with Gasteiger partial charge in [0.2, 0.25) is 11.8 Å². The van der Waals surface area contributed by atoms with Crippen LogP contribution in [0.3, 0.4) is 0 Å². The van der Waals surface area contributed by atoms with Gasteiger partial charge in [-0.25, -0.2) is 4.79 Å². The molecule has 19 heavy (non-hydrogen) atoms. The van der Waals surface area contributed by atoms with Crippen LogP contribution in [0.1, 0.15) is 19.8 Å². The Balaban J connectivity index is 4.29. The van der Waals surface area contributed by atoms with Gasteiger partial charge in [0.1, 0.15) is 6.04 Å². The average Bonchev–Trinajstić information content (AvgIpc) is 2.34. The minimum absolute atomic E-state index is 0.0142. The second-order valence-electron chi connectivity index (χ2n) is 3.81. The highest BCUT2D eigenvalue weighted by atomic mass is 32.2. The summed E-state index contributed by atoms with van der Waals surface area (Å²) < 4.78 is 0. The zero-order valence-corrected chi connectivity index (χ0v) is 11.5. The molecule has 0 aromatic rings. The van der Waals surface area contributed by atoms with Gasteiger partial charge in [0.25, 0.3) is 0 Å². The van der Waals surface area contributed by atoms with Crippen molar-refractivity contribution in [1.82, 2.24) is 5.32 Å². The molecule has 0 rings (SSSR count). The molecule has 0 aromatic heterocycles. The molecule has 0 spiro atoms. The van der Waals surface area contributed by atoms with Gasteiger partial charge in [-0.3, -0.25) is 9.59 Å². The summed E-state index contributed by atoms with van der Waals surface area (Å²) in [5.74, 6) is -2.09. The summed E-state index contributed by atoms with van der Waals surface area (Å²) in [4.78, 5) is 33.1. The van der Waals surface area contributed by atoms with Crippen LogP contribution >= 0.6 is 11.8 Å². The number of amides is 2. The highest BCUT2D eigenvalue weighted by Gasteiger charge is 2.23. The third-order valence-electron chi connectivity index (χ3n) is 2.15. The van der Waals surface area contributed by atoms with Gasteiger partial charge in [-0.2, -0.15) is 0 Å². The molecule has 0 aliphatic heterocycles. The number of aliphatic carboxylic acids is 1. The van der Waals surface area contributed by atoms with Crippen LogP contribution in [0.2, 0.25) is 0 Å². The molecule has 2 atom stereocenters. The third kappa shape index (κ3) is 8.22. The van der Waals surface area contributed by atoms with Crippen LogP contribution in [-0.2, 0) is 14.4 Å². The van der Waals surface area contributed by atoms with Gasteiger partial charge in [-0.15, -0.1) is 11.8 Å². The lowest BCUT2D eigenvalue weighted by Gasteiger charge is -2.16. The second kappa shape index (κ2) is 9.40. The van der Waals surface area contributed by atoms with Crippen molar-refractivity contribution in [2.45, 2.75) is 31.8 Å². The molecule has 7 nitrogen and oxygen atoms in total. The molecule has 0 saturated carbocycles. The number of rotatable bonds is 9. The summed E-state index contributed by atoms with van der Waals surface area (Å²) in [5.41, 5.74) is 10.5. The van der Waals surface area contributed by atoms with Crippen molar-refractivity contribution in [2.75, 3.05) is 5.75 Å². The van der Waals surface area contributed by atoms with E-state index in [9.17, 15) is 14.4 Å². The molecule has 0 aromatic carbocycles. The summed E-state index contributed by atoms with van der Waals surface area (Å²) in [5, 5.41) is 13.0.